The van der Waals surface area contributed by atoms with Gasteiger partial charge >= 0.3 is 0 Å². The third-order valence-electron chi connectivity index (χ3n) is 6.57. The van der Waals surface area contributed by atoms with Crippen molar-refractivity contribution in [2.75, 3.05) is 12.4 Å². The third kappa shape index (κ3) is 4.61. The zero-order valence-electron chi connectivity index (χ0n) is 19.5. The lowest BCUT2D eigenvalue weighted by molar-refractivity contribution is -0.118. The molecule has 0 radical (unpaired) electrons. The number of hydrogen-bond donors (Lipinski definition) is 2. The lowest BCUT2D eigenvalue weighted by atomic mass is 10.1. The molecule has 1 unspecified atom stereocenters. The number of phenolic OH excluding ortho intramolecular Hbond substituents is 1. The van der Waals surface area contributed by atoms with Crippen LogP contribution in [0.1, 0.15) is 46.4 Å². The van der Waals surface area contributed by atoms with Crippen molar-refractivity contribution in [1.82, 2.24) is 14.9 Å². The van der Waals surface area contributed by atoms with E-state index >= 15 is 0 Å². The predicted molar refractivity (Wildman–Crippen MR) is 135 cm³/mol. The Balaban J connectivity index is 1.34. The topological polar surface area (TPSA) is 93.5 Å². The molecule has 7 nitrogen and oxygen atoms in total. The van der Waals surface area contributed by atoms with Crippen LogP contribution in [0.25, 0.3) is 10.2 Å². The van der Waals surface area contributed by atoms with Gasteiger partial charge in [-0.25, -0.2) is 4.98 Å². The molecule has 1 amide bonds. The van der Waals surface area contributed by atoms with E-state index in [9.17, 15) is 14.7 Å². The van der Waals surface area contributed by atoms with Gasteiger partial charge in [-0.1, -0.05) is 23.9 Å². The molecule has 1 fully saturated rings. The van der Waals surface area contributed by atoms with E-state index in [1.165, 1.54) is 22.2 Å². The maximum absolute atomic E-state index is 13.5. The summed E-state index contributed by atoms with van der Waals surface area (Å²) in [5.41, 5.74) is 3.69. The maximum Gasteiger partial charge on any atom is 0.263 e. The normalized spacial score (nSPS) is 17.4. The van der Waals surface area contributed by atoms with E-state index in [-0.39, 0.29) is 29.1 Å². The van der Waals surface area contributed by atoms with Crippen molar-refractivity contribution in [2.24, 2.45) is 0 Å². The van der Waals surface area contributed by atoms with Gasteiger partial charge in [-0.15, -0.1) is 11.3 Å². The summed E-state index contributed by atoms with van der Waals surface area (Å²) in [6.45, 7) is 5.28. The second kappa shape index (κ2) is 9.71. The number of ether oxygens (including phenoxy) is 1. The molecule has 1 saturated heterocycles. The average Bonchev–Trinajstić information content (AvgIpc) is 3.54. The Morgan fingerprint density at radius 2 is 2.09 bits per heavy atom. The molecule has 0 spiro atoms. The fourth-order valence-electron chi connectivity index (χ4n) is 4.85. The number of carbonyl (C=O) groups excluding carboxylic acids is 1. The molecule has 3 aromatic rings. The van der Waals surface area contributed by atoms with Crippen LogP contribution in [0.4, 0.5) is 0 Å². The van der Waals surface area contributed by atoms with E-state index in [1.54, 1.807) is 15.9 Å². The Labute approximate surface area is 206 Å². The van der Waals surface area contributed by atoms with E-state index in [2.05, 4.69) is 5.32 Å². The van der Waals surface area contributed by atoms with E-state index < -0.39 is 0 Å². The summed E-state index contributed by atoms with van der Waals surface area (Å²) in [7, 11) is 0. The van der Waals surface area contributed by atoms with Gasteiger partial charge in [0.1, 0.15) is 10.6 Å². The molecular weight excluding hydrogens is 470 g/mol. The van der Waals surface area contributed by atoms with Crippen LogP contribution in [-0.4, -0.2) is 39.0 Å². The molecule has 0 saturated carbocycles. The molecule has 0 bridgehead atoms. The Bertz CT molecular complexity index is 1280. The van der Waals surface area contributed by atoms with Crippen molar-refractivity contribution in [2.45, 2.75) is 70.3 Å². The van der Waals surface area contributed by atoms with Crippen LogP contribution in [0.3, 0.4) is 0 Å². The zero-order chi connectivity index (χ0) is 23.8. The van der Waals surface area contributed by atoms with Crippen molar-refractivity contribution in [3.63, 3.8) is 0 Å². The molecule has 2 aliphatic rings. The molecule has 1 aromatic carbocycles. The van der Waals surface area contributed by atoms with Crippen LogP contribution >= 0.6 is 23.1 Å². The van der Waals surface area contributed by atoms with Gasteiger partial charge in [0.05, 0.1) is 23.8 Å². The Kier molecular flexibility index (Phi) is 6.68. The van der Waals surface area contributed by atoms with Crippen molar-refractivity contribution in [1.29, 1.82) is 0 Å². The van der Waals surface area contributed by atoms with E-state index in [0.29, 0.717) is 18.2 Å². The van der Waals surface area contributed by atoms with Gasteiger partial charge in [-0.3, -0.25) is 14.2 Å². The molecule has 2 N–H and O–H groups in total. The highest BCUT2D eigenvalue weighted by Crippen LogP contribution is 2.35. The summed E-state index contributed by atoms with van der Waals surface area (Å²) < 4.78 is 7.53. The molecule has 1 atom stereocenters. The van der Waals surface area contributed by atoms with E-state index in [0.717, 1.165) is 65.6 Å². The number of aryl methyl sites for hydroxylation is 4. The van der Waals surface area contributed by atoms with Crippen molar-refractivity contribution < 1.29 is 14.6 Å². The molecular formula is C25H29N3O4S2. The fourth-order valence-corrected chi connectivity index (χ4v) is 6.99. The average molecular weight is 500 g/mol. The van der Waals surface area contributed by atoms with Crippen LogP contribution in [0.2, 0.25) is 0 Å². The van der Waals surface area contributed by atoms with Crippen LogP contribution in [0, 0.1) is 13.8 Å². The highest BCUT2D eigenvalue weighted by molar-refractivity contribution is 7.99. The second-order valence-electron chi connectivity index (χ2n) is 9.13. The monoisotopic (exact) mass is 499 g/mol. The number of hydrogen-bond acceptors (Lipinski definition) is 7. The summed E-state index contributed by atoms with van der Waals surface area (Å²) in [5, 5.41) is 14.2. The number of thiophene rings is 1. The minimum atomic E-state index is -0.125. The number of benzene rings is 1. The third-order valence-corrected chi connectivity index (χ3v) is 8.74. The van der Waals surface area contributed by atoms with Gasteiger partial charge in [-0.2, -0.15) is 0 Å². The number of carbonyl (C=O) groups is 1. The second-order valence-corrected chi connectivity index (χ2v) is 11.2. The minimum Gasteiger partial charge on any atom is -0.507 e. The van der Waals surface area contributed by atoms with Crippen LogP contribution in [0.5, 0.6) is 5.75 Å². The highest BCUT2D eigenvalue weighted by Gasteiger charge is 2.25. The standard InChI is InChI=1S/C25H29N3O4S2/c1-14-9-16(10-15(2)22(14)30)11-26-20(29)13-33-25-27-23-21(18-6-3-7-19(18)34-23)24(31)28(25)12-17-5-4-8-32-17/h9-10,17,30H,3-8,11-13H2,1-2H3,(H,26,29). The number of phenols is 1. The van der Waals surface area contributed by atoms with Gasteiger partial charge in [0.2, 0.25) is 5.91 Å². The van der Waals surface area contributed by atoms with E-state index in [1.807, 2.05) is 26.0 Å². The smallest absolute Gasteiger partial charge is 0.263 e. The Morgan fingerprint density at radius 3 is 2.82 bits per heavy atom. The van der Waals surface area contributed by atoms with Gasteiger partial charge in [0.25, 0.3) is 5.56 Å². The first-order chi connectivity index (χ1) is 16.4. The number of nitrogens with zero attached hydrogens (tertiary/aromatic N) is 2. The summed E-state index contributed by atoms with van der Waals surface area (Å²) in [4.78, 5) is 33.1. The minimum absolute atomic E-state index is 0.00199. The summed E-state index contributed by atoms with van der Waals surface area (Å²) in [5.74, 6) is 0.334. The maximum atomic E-state index is 13.5. The van der Waals surface area contributed by atoms with Gasteiger partial charge in [0, 0.05) is 18.0 Å². The molecule has 3 heterocycles. The molecule has 9 heteroatoms. The lowest BCUT2D eigenvalue weighted by Gasteiger charge is -2.16. The van der Waals surface area contributed by atoms with Gasteiger partial charge in [-0.05, 0) is 68.2 Å². The number of aromatic hydroxyl groups is 1. The number of aromatic nitrogens is 2. The Morgan fingerprint density at radius 1 is 1.29 bits per heavy atom. The first-order valence-electron chi connectivity index (χ1n) is 11.8. The molecule has 180 valence electrons. The predicted octanol–water partition coefficient (Wildman–Crippen LogP) is 3.86. The number of amides is 1. The van der Waals surface area contributed by atoms with Crippen molar-refractivity contribution in [3.05, 3.63) is 49.6 Å². The molecule has 1 aliphatic heterocycles. The summed E-state index contributed by atoms with van der Waals surface area (Å²) >= 11 is 2.92. The molecule has 34 heavy (non-hydrogen) atoms. The van der Waals surface area contributed by atoms with Crippen LogP contribution < -0.4 is 10.9 Å². The van der Waals surface area contributed by atoms with Crippen molar-refractivity contribution in [3.8, 4) is 5.75 Å². The number of fused-ring (bicyclic) bond motifs is 3. The number of thioether (sulfide) groups is 1. The van der Waals surface area contributed by atoms with Crippen LogP contribution in [-0.2, 0) is 35.5 Å². The highest BCUT2D eigenvalue weighted by atomic mass is 32.2. The first-order valence-corrected chi connectivity index (χ1v) is 13.6. The first kappa shape index (κ1) is 23.4. The van der Waals surface area contributed by atoms with Gasteiger partial charge in [0.15, 0.2) is 5.16 Å². The number of rotatable bonds is 7. The zero-order valence-corrected chi connectivity index (χ0v) is 21.1. The van der Waals surface area contributed by atoms with Gasteiger partial charge < -0.3 is 15.2 Å². The van der Waals surface area contributed by atoms with Crippen molar-refractivity contribution >= 4 is 39.2 Å². The SMILES string of the molecule is Cc1cc(CNC(=O)CSc2nc3sc4c(c3c(=O)n2CC2CCCO2)CCC4)cc(C)c1O. The largest absolute Gasteiger partial charge is 0.507 e. The molecule has 1 aliphatic carbocycles. The number of nitrogens with one attached hydrogen (secondary N) is 1. The Hall–Kier alpha value is -2.36. The molecule has 2 aromatic heterocycles. The van der Waals surface area contributed by atoms with E-state index in [4.69, 9.17) is 9.72 Å². The lowest BCUT2D eigenvalue weighted by Crippen LogP contribution is -2.30. The quantitative estimate of drug-likeness (QED) is 0.379. The summed E-state index contributed by atoms with van der Waals surface area (Å²) in [6, 6.07) is 3.75. The van der Waals surface area contributed by atoms with Crippen LogP contribution in [0.15, 0.2) is 22.1 Å². The summed E-state index contributed by atoms with van der Waals surface area (Å²) in [6.07, 6.45) is 5.00. The molecule has 5 rings (SSSR count). The fraction of sp³-hybridized carbons (Fsp3) is 0.480.